The van der Waals surface area contributed by atoms with Crippen LogP contribution in [0, 0.1) is 0 Å². The van der Waals surface area contributed by atoms with Crippen molar-refractivity contribution >= 4 is 17.2 Å². The van der Waals surface area contributed by atoms with Crippen LogP contribution in [-0.2, 0) is 0 Å². The Morgan fingerprint density at radius 1 is 1.35 bits per heavy atom. The lowest BCUT2D eigenvalue weighted by Crippen LogP contribution is -2.43. The quantitative estimate of drug-likeness (QED) is 0.814. The lowest BCUT2D eigenvalue weighted by Gasteiger charge is -2.32. The minimum Gasteiger partial charge on any atom is -0.491 e. The molecule has 0 heterocycles. The summed E-state index contributed by atoms with van der Waals surface area (Å²) in [6.45, 7) is 4.83. The molecule has 4 heteroatoms. The molecule has 17 heavy (non-hydrogen) atoms. The summed E-state index contributed by atoms with van der Waals surface area (Å²) in [5.41, 5.74) is 6.41. The minimum absolute atomic E-state index is 0.0384. The largest absolute Gasteiger partial charge is 0.491 e. The average Bonchev–Trinajstić information content (AvgIpc) is 2.26. The van der Waals surface area contributed by atoms with Crippen molar-refractivity contribution in [3.63, 3.8) is 0 Å². The van der Waals surface area contributed by atoms with Crippen LogP contribution >= 0.6 is 12.2 Å². The van der Waals surface area contributed by atoms with E-state index in [4.69, 9.17) is 22.7 Å². The standard InChI is InChI=1S/C13H20N2OS/c1-13(2,15(3)4)9-16-11-8-6-5-7-10(11)12(14)17/h5-8H,9H2,1-4H3,(H2,14,17). The highest BCUT2D eigenvalue weighted by molar-refractivity contribution is 7.80. The number of nitrogens with two attached hydrogens (primary N) is 1. The third-order valence-corrected chi connectivity index (χ3v) is 3.16. The summed E-state index contributed by atoms with van der Waals surface area (Å²) in [5.74, 6) is 0.745. The number of likely N-dealkylation sites (N-methyl/N-ethyl adjacent to an activating group) is 1. The fourth-order valence-electron chi connectivity index (χ4n) is 1.18. The van der Waals surface area contributed by atoms with E-state index in [-0.39, 0.29) is 5.54 Å². The molecule has 0 saturated heterocycles. The van der Waals surface area contributed by atoms with Gasteiger partial charge in [-0.1, -0.05) is 24.4 Å². The summed E-state index contributed by atoms with van der Waals surface area (Å²) in [7, 11) is 4.06. The van der Waals surface area contributed by atoms with E-state index in [1.165, 1.54) is 0 Å². The van der Waals surface area contributed by atoms with E-state index in [0.717, 1.165) is 11.3 Å². The first-order chi connectivity index (χ1) is 7.84. The van der Waals surface area contributed by atoms with Gasteiger partial charge in [-0.05, 0) is 40.1 Å². The number of thiocarbonyl (C=S) groups is 1. The van der Waals surface area contributed by atoms with Gasteiger partial charge in [0.05, 0.1) is 5.56 Å². The molecule has 2 N–H and O–H groups in total. The molecule has 0 saturated carbocycles. The zero-order valence-corrected chi connectivity index (χ0v) is 11.7. The van der Waals surface area contributed by atoms with Crippen LogP contribution in [0.15, 0.2) is 24.3 Å². The van der Waals surface area contributed by atoms with Crippen LogP contribution in [0.25, 0.3) is 0 Å². The van der Waals surface area contributed by atoms with Crippen molar-refractivity contribution in [2.24, 2.45) is 5.73 Å². The van der Waals surface area contributed by atoms with Crippen LogP contribution in [0.5, 0.6) is 5.75 Å². The summed E-state index contributed by atoms with van der Waals surface area (Å²) in [6, 6.07) is 7.58. The van der Waals surface area contributed by atoms with E-state index in [0.29, 0.717) is 11.6 Å². The molecule has 1 aromatic carbocycles. The predicted molar refractivity (Wildman–Crippen MR) is 75.6 cm³/mol. The fourth-order valence-corrected chi connectivity index (χ4v) is 1.35. The molecule has 1 rings (SSSR count). The van der Waals surface area contributed by atoms with E-state index in [9.17, 15) is 0 Å². The first-order valence-corrected chi connectivity index (χ1v) is 5.94. The lowest BCUT2D eigenvalue weighted by molar-refractivity contribution is 0.114. The lowest BCUT2D eigenvalue weighted by atomic mass is 10.1. The molecule has 0 fully saturated rings. The normalized spacial score (nSPS) is 11.6. The van der Waals surface area contributed by atoms with Crippen molar-refractivity contribution in [1.82, 2.24) is 4.90 Å². The van der Waals surface area contributed by atoms with Crippen LogP contribution in [0.4, 0.5) is 0 Å². The fraction of sp³-hybridized carbons (Fsp3) is 0.462. The van der Waals surface area contributed by atoms with E-state index < -0.39 is 0 Å². The Labute approximate surface area is 109 Å². The van der Waals surface area contributed by atoms with Crippen molar-refractivity contribution in [2.45, 2.75) is 19.4 Å². The number of ether oxygens (including phenoxy) is 1. The first-order valence-electron chi connectivity index (χ1n) is 5.53. The van der Waals surface area contributed by atoms with Crippen LogP contribution in [0.3, 0.4) is 0 Å². The molecule has 0 spiro atoms. The Hall–Kier alpha value is -1.13. The molecule has 1 aromatic rings. The Morgan fingerprint density at radius 3 is 2.47 bits per heavy atom. The number of nitrogens with zero attached hydrogens (tertiary/aromatic N) is 1. The number of hydrogen-bond acceptors (Lipinski definition) is 3. The van der Waals surface area contributed by atoms with Crippen LogP contribution in [0.2, 0.25) is 0 Å². The van der Waals surface area contributed by atoms with Crippen molar-refractivity contribution in [1.29, 1.82) is 0 Å². The third-order valence-electron chi connectivity index (χ3n) is 2.94. The summed E-state index contributed by atoms with van der Waals surface area (Å²) >= 11 is 5.00. The van der Waals surface area contributed by atoms with Crippen LogP contribution in [0.1, 0.15) is 19.4 Å². The molecular weight excluding hydrogens is 232 g/mol. The van der Waals surface area contributed by atoms with Gasteiger partial charge in [-0.15, -0.1) is 0 Å². The van der Waals surface area contributed by atoms with Gasteiger partial charge in [0, 0.05) is 5.54 Å². The Bertz CT molecular complexity index is 402. The topological polar surface area (TPSA) is 38.5 Å². The molecule has 0 unspecified atom stereocenters. The molecule has 0 amide bonds. The van der Waals surface area contributed by atoms with E-state index in [1.54, 1.807) is 0 Å². The highest BCUT2D eigenvalue weighted by atomic mass is 32.1. The van der Waals surface area contributed by atoms with Gasteiger partial charge in [-0.3, -0.25) is 0 Å². The van der Waals surface area contributed by atoms with Gasteiger partial charge in [-0.25, -0.2) is 0 Å². The molecular formula is C13H20N2OS. The Kier molecular flexibility index (Phi) is 4.48. The summed E-state index contributed by atoms with van der Waals surface area (Å²) in [4.78, 5) is 2.49. The van der Waals surface area contributed by atoms with Gasteiger partial charge in [0.2, 0.25) is 0 Å². The van der Waals surface area contributed by atoms with Gasteiger partial charge >= 0.3 is 0 Å². The highest BCUT2D eigenvalue weighted by Gasteiger charge is 2.21. The zero-order valence-electron chi connectivity index (χ0n) is 10.9. The van der Waals surface area contributed by atoms with Crippen molar-refractivity contribution in [3.05, 3.63) is 29.8 Å². The third kappa shape index (κ3) is 3.68. The molecule has 0 aliphatic rings. The highest BCUT2D eigenvalue weighted by Crippen LogP contribution is 2.20. The maximum Gasteiger partial charge on any atom is 0.129 e. The Balaban J connectivity index is 2.79. The first kappa shape index (κ1) is 13.9. The second-order valence-corrected chi connectivity index (χ2v) is 5.30. The second-order valence-electron chi connectivity index (χ2n) is 4.86. The van der Waals surface area contributed by atoms with Gasteiger partial charge in [-0.2, -0.15) is 0 Å². The van der Waals surface area contributed by atoms with Crippen molar-refractivity contribution in [3.8, 4) is 5.75 Å². The smallest absolute Gasteiger partial charge is 0.129 e. The molecule has 0 atom stereocenters. The average molecular weight is 252 g/mol. The van der Waals surface area contributed by atoms with Crippen molar-refractivity contribution in [2.75, 3.05) is 20.7 Å². The molecule has 3 nitrogen and oxygen atoms in total. The van der Waals surface area contributed by atoms with Gasteiger partial charge in [0.25, 0.3) is 0 Å². The monoisotopic (exact) mass is 252 g/mol. The summed E-state index contributed by atoms with van der Waals surface area (Å²) in [6.07, 6.45) is 0. The van der Waals surface area contributed by atoms with E-state index >= 15 is 0 Å². The maximum absolute atomic E-state index is 5.82. The second kappa shape index (κ2) is 5.47. The number of hydrogen-bond donors (Lipinski definition) is 1. The number of para-hydroxylation sites is 1. The number of benzene rings is 1. The summed E-state index contributed by atoms with van der Waals surface area (Å²) in [5, 5.41) is 0. The molecule has 0 aromatic heterocycles. The van der Waals surface area contributed by atoms with E-state index in [1.807, 2.05) is 38.4 Å². The van der Waals surface area contributed by atoms with Gasteiger partial charge in [0.15, 0.2) is 0 Å². The predicted octanol–water partition coefficient (Wildman–Crippen LogP) is 2.04. The molecule has 0 aliphatic heterocycles. The zero-order chi connectivity index (χ0) is 13.1. The SMILES string of the molecule is CN(C)C(C)(C)COc1ccccc1C(N)=S. The van der Waals surface area contributed by atoms with Gasteiger partial charge < -0.3 is 15.4 Å². The van der Waals surface area contributed by atoms with E-state index in [2.05, 4.69) is 18.7 Å². The molecule has 0 bridgehead atoms. The summed E-state index contributed by atoms with van der Waals surface area (Å²) < 4.78 is 5.82. The van der Waals surface area contributed by atoms with Crippen molar-refractivity contribution < 1.29 is 4.74 Å². The maximum atomic E-state index is 5.82. The van der Waals surface area contributed by atoms with Crippen LogP contribution in [-0.4, -0.2) is 36.1 Å². The number of rotatable bonds is 5. The minimum atomic E-state index is -0.0384. The van der Waals surface area contributed by atoms with Crippen LogP contribution < -0.4 is 10.5 Å². The molecule has 0 aliphatic carbocycles. The molecule has 0 radical (unpaired) electrons. The Morgan fingerprint density at radius 2 is 1.94 bits per heavy atom. The molecule has 94 valence electrons. The van der Waals surface area contributed by atoms with Gasteiger partial charge in [0.1, 0.15) is 17.3 Å².